The van der Waals surface area contributed by atoms with Crippen LogP contribution in [0.15, 0.2) is 61.1 Å². The molecule has 5 aromatic rings. The lowest BCUT2D eigenvalue weighted by atomic mass is 10.0. The third-order valence-corrected chi connectivity index (χ3v) is 6.14. The van der Waals surface area contributed by atoms with Gasteiger partial charge in [0.05, 0.1) is 43.8 Å². The predicted molar refractivity (Wildman–Crippen MR) is 136 cm³/mol. The van der Waals surface area contributed by atoms with Crippen molar-refractivity contribution < 1.29 is 27.4 Å². The molecule has 0 radical (unpaired) electrons. The highest BCUT2D eigenvalue weighted by Gasteiger charge is 2.31. The molecule has 3 aromatic heterocycles. The summed E-state index contributed by atoms with van der Waals surface area (Å²) in [6.07, 6.45) is -0.0698. The van der Waals surface area contributed by atoms with Crippen molar-refractivity contribution in [3.63, 3.8) is 0 Å². The zero-order valence-electron chi connectivity index (χ0n) is 20.6. The second kappa shape index (κ2) is 10.4. The summed E-state index contributed by atoms with van der Waals surface area (Å²) in [5.41, 5.74) is 2.54. The Morgan fingerprint density at radius 1 is 1.05 bits per heavy atom. The molecular formula is C26H20ClF3N6O3. The van der Waals surface area contributed by atoms with Gasteiger partial charge in [0.25, 0.3) is 5.95 Å². The second-order valence-corrected chi connectivity index (χ2v) is 8.76. The maximum Gasteiger partial charge on any atom is 0.416 e. The van der Waals surface area contributed by atoms with Crippen LogP contribution in [0.5, 0.6) is 5.88 Å². The molecule has 0 bridgehead atoms. The molecule has 0 fully saturated rings. The van der Waals surface area contributed by atoms with Crippen LogP contribution in [0.2, 0.25) is 5.02 Å². The first-order chi connectivity index (χ1) is 18.7. The van der Waals surface area contributed by atoms with Crippen molar-refractivity contribution >= 4 is 28.6 Å². The number of fused-ring (bicyclic) bond motifs is 1. The molecule has 0 spiro atoms. The van der Waals surface area contributed by atoms with E-state index in [1.54, 1.807) is 29.9 Å². The van der Waals surface area contributed by atoms with Crippen molar-refractivity contribution in [1.29, 1.82) is 0 Å². The summed E-state index contributed by atoms with van der Waals surface area (Å²) in [5.74, 6) is -0.0581. The first kappa shape index (κ1) is 26.2. The lowest BCUT2D eigenvalue weighted by Gasteiger charge is -2.11. The van der Waals surface area contributed by atoms with E-state index in [2.05, 4.69) is 20.2 Å². The smallest absolute Gasteiger partial charge is 0.416 e. The number of nitrogens with zero attached hydrogens (tertiary/aromatic N) is 6. The number of carbonyl (C=O) groups is 1. The fourth-order valence-corrected chi connectivity index (χ4v) is 4.25. The molecule has 5 rings (SSSR count). The van der Waals surface area contributed by atoms with Gasteiger partial charge < -0.3 is 9.47 Å². The van der Waals surface area contributed by atoms with Crippen molar-refractivity contribution in [2.24, 2.45) is 0 Å². The van der Waals surface area contributed by atoms with Crippen molar-refractivity contribution in [2.75, 3.05) is 13.7 Å². The van der Waals surface area contributed by atoms with Gasteiger partial charge in [-0.15, -0.1) is 0 Å². The SMILES string of the molecule is CCOC(=O)c1cnn(-c2nc(OC)c3c(cnn3Cc3ccc(-c4ccc(C(F)(F)F)cc4Cl)cc3)n2)c1. The number of ether oxygens (including phenoxy) is 2. The fourth-order valence-electron chi connectivity index (χ4n) is 3.96. The minimum Gasteiger partial charge on any atom is -0.479 e. The Balaban J connectivity index is 1.40. The maximum absolute atomic E-state index is 13.0. The van der Waals surface area contributed by atoms with Crippen molar-refractivity contribution in [1.82, 2.24) is 29.5 Å². The van der Waals surface area contributed by atoms with Gasteiger partial charge in [0, 0.05) is 16.8 Å². The van der Waals surface area contributed by atoms with Gasteiger partial charge in [0.1, 0.15) is 11.0 Å². The van der Waals surface area contributed by atoms with E-state index < -0.39 is 17.7 Å². The maximum atomic E-state index is 13.0. The minimum absolute atomic E-state index is 0.0138. The minimum atomic E-state index is -4.46. The second-order valence-electron chi connectivity index (χ2n) is 8.35. The fraction of sp³-hybridized carbons (Fsp3) is 0.192. The Morgan fingerprint density at radius 2 is 1.82 bits per heavy atom. The summed E-state index contributed by atoms with van der Waals surface area (Å²) >= 11 is 6.14. The Morgan fingerprint density at radius 3 is 2.49 bits per heavy atom. The van der Waals surface area contributed by atoms with Crippen molar-refractivity contribution in [3.8, 4) is 23.0 Å². The quantitative estimate of drug-likeness (QED) is 0.241. The number of alkyl halides is 3. The number of carbonyl (C=O) groups excluding carboxylic acids is 1. The molecule has 0 saturated carbocycles. The van der Waals surface area contributed by atoms with E-state index in [9.17, 15) is 18.0 Å². The number of methoxy groups -OCH3 is 1. The highest BCUT2D eigenvalue weighted by Crippen LogP contribution is 2.35. The Labute approximate surface area is 224 Å². The molecule has 9 nitrogen and oxygen atoms in total. The summed E-state index contributed by atoms with van der Waals surface area (Å²) in [5, 5.41) is 8.58. The molecule has 0 N–H and O–H groups in total. The first-order valence-electron chi connectivity index (χ1n) is 11.6. The molecule has 39 heavy (non-hydrogen) atoms. The van der Waals surface area contributed by atoms with E-state index in [0.29, 0.717) is 28.7 Å². The molecule has 200 valence electrons. The molecule has 0 aliphatic carbocycles. The van der Waals surface area contributed by atoms with Gasteiger partial charge in [-0.2, -0.15) is 28.4 Å². The molecule has 0 atom stereocenters. The summed E-state index contributed by atoms with van der Waals surface area (Å²) in [7, 11) is 1.47. The van der Waals surface area contributed by atoms with E-state index in [-0.39, 0.29) is 29.0 Å². The zero-order valence-corrected chi connectivity index (χ0v) is 21.4. The van der Waals surface area contributed by atoms with Crippen LogP contribution in [-0.4, -0.2) is 49.2 Å². The molecule has 0 amide bonds. The molecule has 3 heterocycles. The molecule has 0 unspecified atom stereocenters. The van der Waals surface area contributed by atoms with Crippen LogP contribution in [0, 0.1) is 0 Å². The van der Waals surface area contributed by atoms with Crippen LogP contribution < -0.4 is 4.74 Å². The summed E-state index contributed by atoms with van der Waals surface area (Å²) in [6.45, 7) is 2.30. The normalized spacial score (nSPS) is 11.6. The van der Waals surface area contributed by atoms with E-state index >= 15 is 0 Å². The number of rotatable bonds is 7. The van der Waals surface area contributed by atoms with Gasteiger partial charge in [-0.05, 0) is 30.2 Å². The monoisotopic (exact) mass is 556 g/mol. The lowest BCUT2D eigenvalue weighted by Crippen LogP contribution is -2.07. The predicted octanol–water partition coefficient (Wildman–Crippen LogP) is 5.58. The first-order valence-corrected chi connectivity index (χ1v) is 12.0. The van der Waals surface area contributed by atoms with E-state index in [0.717, 1.165) is 17.7 Å². The van der Waals surface area contributed by atoms with Gasteiger partial charge >= 0.3 is 12.1 Å². The number of halogens is 4. The van der Waals surface area contributed by atoms with Crippen LogP contribution in [0.25, 0.3) is 28.1 Å². The lowest BCUT2D eigenvalue weighted by molar-refractivity contribution is -0.137. The van der Waals surface area contributed by atoms with E-state index in [1.807, 2.05) is 12.1 Å². The average Bonchev–Trinajstić information content (AvgIpc) is 3.56. The van der Waals surface area contributed by atoms with Gasteiger partial charge in [-0.3, -0.25) is 4.68 Å². The molecule has 0 aliphatic rings. The summed E-state index contributed by atoms with van der Waals surface area (Å²) in [4.78, 5) is 20.9. The molecule has 13 heteroatoms. The van der Waals surface area contributed by atoms with Crippen LogP contribution in [0.4, 0.5) is 13.2 Å². The van der Waals surface area contributed by atoms with Crippen LogP contribution >= 0.6 is 11.6 Å². The Kier molecular flexibility index (Phi) is 6.96. The number of aromatic nitrogens is 6. The summed E-state index contributed by atoms with van der Waals surface area (Å²) < 4.78 is 52.4. The molecule has 0 aliphatic heterocycles. The van der Waals surface area contributed by atoms with Crippen LogP contribution in [0.1, 0.15) is 28.4 Å². The van der Waals surface area contributed by atoms with Crippen molar-refractivity contribution in [2.45, 2.75) is 19.6 Å². The van der Waals surface area contributed by atoms with Gasteiger partial charge in [0.2, 0.25) is 5.88 Å². The number of esters is 1. The number of hydrogen-bond acceptors (Lipinski definition) is 7. The summed E-state index contributed by atoms with van der Waals surface area (Å²) in [6, 6.07) is 10.5. The largest absolute Gasteiger partial charge is 0.479 e. The molecule has 0 saturated heterocycles. The van der Waals surface area contributed by atoms with Crippen LogP contribution in [-0.2, 0) is 17.5 Å². The third kappa shape index (κ3) is 5.28. The van der Waals surface area contributed by atoms with Gasteiger partial charge in [-0.1, -0.05) is 41.9 Å². The standard InChI is InChI=1S/C26H20ClF3N6O3/c1-3-39-24(37)17-11-31-36(14-17)25-33-21-12-32-35(22(21)23(34-25)38-2)13-15-4-6-16(7-5-15)19-9-8-18(10-20(19)27)26(28,29)30/h4-12,14H,3,13H2,1-2H3. The zero-order chi connectivity index (χ0) is 27.7. The number of benzene rings is 2. The Hall–Kier alpha value is -4.45. The molecule has 2 aromatic carbocycles. The topological polar surface area (TPSA) is 97.0 Å². The van der Waals surface area contributed by atoms with Crippen LogP contribution in [0.3, 0.4) is 0 Å². The average molecular weight is 557 g/mol. The highest BCUT2D eigenvalue weighted by molar-refractivity contribution is 6.33. The van der Waals surface area contributed by atoms with Gasteiger partial charge in [-0.25, -0.2) is 14.5 Å². The molecular weight excluding hydrogens is 537 g/mol. The van der Waals surface area contributed by atoms with Crippen molar-refractivity contribution in [3.05, 3.63) is 82.8 Å². The third-order valence-electron chi connectivity index (χ3n) is 5.83. The Bertz CT molecular complexity index is 1660. The number of hydrogen-bond donors (Lipinski definition) is 0. The van der Waals surface area contributed by atoms with Gasteiger partial charge in [0.15, 0.2) is 0 Å². The highest BCUT2D eigenvalue weighted by atomic mass is 35.5. The van der Waals surface area contributed by atoms with E-state index in [1.165, 1.54) is 30.3 Å². The van der Waals surface area contributed by atoms with E-state index in [4.69, 9.17) is 21.1 Å².